The molecule has 6 heteroatoms. The van der Waals surface area contributed by atoms with E-state index in [9.17, 15) is 0 Å². The van der Waals surface area contributed by atoms with Crippen LogP contribution in [0.3, 0.4) is 0 Å². The first-order chi connectivity index (χ1) is 12.4. The van der Waals surface area contributed by atoms with E-state index < -0.39 is 0 Å². The third-order valence-electron chi connectivity index (χ3n) is 4.45. The summed E-state index contributed by atoms with van der Waals surface area (Å²) in [5, 5.41) is 7.47. The van der Waals surface area contributed by atoms with Crippen LogP contribution in [0.4, 0.5) is 0 Å². The lowest BCUT2D eigenvalue weighted by atomic mass is 10.1. The summed E-state index contributed by atoms with van der Waals surface area (Å²) < 4.78 is 11.2. The van der Waals surface area contributed by atoms with Crippen molar-refractivity contribution >= 4 is 12.4 Å². The molecule has 1 N–H and O–H groups in total. The molecule has 5 nitrogen and oxygen atoms in total. The summed E-state index contributed by atoms with van der Waals surface area (Å²) in [6.07, 6.45) is 2.02. The average Bonchev–Trinajstić information content (AvgIpc) is 3.34. The minimum absolute atomic E-state index is 0. The molecule has 1 unspecified atom stereocenters. The van der Waals surface area contributed by atoms with E-state index in [1.165, 1.54) is 6.42 Å². The van der Waals surface area contributed by atoms with Crippen molar-refractivity contribution in [1.29, 1.82) is 0 Å². The van der Waals surface area contributed by atoms with Crippen LogP contribution in [-0.2, 0) is 13.0 Å². The molecule has 1 fully saturated rings. The first-order valence-corrected chi connectivity index (χ1v) is 8.67. The Morgan fingerprint density at radius 1 is 1.08 bits per heavy atom. The molecule has 2 heterocycles. The number of nitrogens with zero attached hydrogens (tertiary/aromatic N) is 2. The highest BCUT2D eigenvalue weighted by Crippen LogP contribution is 2.20. The molecule has 2 aromatic carbocycles. The number of para-hydroxylation sites is 1. The van der Waals surface area contributed by atoms with Crippen molar-refractivity contribution in [3.63, 3.8) is 0 Å². The zero-order chi connectivity index (χ0) is 16.9. The largest absolute Gasteiger partial charge is 0.489 e. The van der Waals surface area contributed by atoms with Crippen LogP contribution >= 0.6 is 12.4 Å². The minimum atomic E-state index is 0. The third kappa shape index (κ3) is 4.62. The molecule has 0 radical (unpaired) electrons. The molecule has 1 aromatic heterocycles. The molecule has 1 saturated heterocycles. The van der Waals surface area contributed by atoms with E-state index in [-0.39, 0.29) is 12.4 Å². The summed E-state index contributed by atoms with van der Waals surface area (Å²) in [7, 11) is 0. The molecule has 0 amide bonds. The average molecular weight is 372 g/mol. The van der Waals surface area contributed by atoms with Crippen molar-refractivity contribution in [3.8, 4) is 17.1 Å². The molecule has 4 rings (SSSR count). The van der Waals surface area contributed by atoms with Gasteiger partial charge in [-0.2, -0.15) is 4.98 Å². The van der Waals surface area contributed by atoms with Crippen molar-refractivity contribution < 1.29 is 9.26 Å². The van der Waals surface area contributed by atoms with Gasteiger partial charge in [-0.15, -0.1) is 12.4 Å². The lowest BCUT2D eigenvalue weighted by Gasteiger charge is -2.06. The number of hydrogen-bond donors (Lipinski definition) is 1. The van der Waals surface area contributed by atoms with E-state index in [4.69, 9.17) is 9.26 Å². The molecule has 0 saturated carbocycles. The number of halogens is 1. The van der Waals surface area contributed by atoms with Gasteiger partial charge in [-0.05, 0) is 43.1 Å². The molecule has 1 aliphatic heterocycles. The molecule has 1 aliphatic rings. The molecular formula is C20H22ClN3O2. The summed E-state index contributed by atoms with van der Waals surface area (Å²) in [6, 6.07) is 17.9. The standard InChI is InChI=1S/C20H21N3O2.ClH/c1-2-4-18(5-3-1)24-14-15-6-8-17(9-7-15)20-22-19(25-23-20)12-16-10-11-21-13-16;/h1-9,16,21H,10-14H2;1H. The number of ether oxygens (including phenoxy) is 1. The Bertz CT molecular complexity index is 799. The summed E-state index contributed by atoms with van der Waals surface area (Å²) in [6.45, 7) is 2.66. The Morgan fingerprint density at radius 3 is 2.62 bits per heavy atom. The van der Waals surface area contributed by atoms with Gasteiger partial charge in [0, 0.05) is 12.0 Å². The SMILES string of the molecule is Cl.c1ccc(OCc2ccc(-c3noc(CC4CCNC4)n3)cc2)cc1. The van der Waals surface area contributed by atoms with Crippen LogP contribution in [0.25, 0.3) is 11.4 Å². The maximum atomic E-state index is 5.76. The van der Waals surface area contributed by atoms with Crippen molar-refractivity contribution in [1.82, 2.24) is 15.5 Å². The van der Waals surface area contributed by atoms with Crippen molar-refractivity contribution in [2.75, 3.05) is 13.1 Å². The molecule has 3 aromatic rings. The zero-order valence-electron chi connectivity index (χ0n) is 14.4. The number of hydrogen-bond acceptors (Lipinski definition) is 5. The van der Waals surface area contributed by atoms with Crippen molar-refractivity contribution in [2.24, 2.45) is 5.92 Å². The Morgan fingerprint density at radius 2 is 1.88 bits per heavy atom. The lowest BCUT2D eigenvalue weighted by Crippen LogP contribution is -2.10. The molecule has 0 bridgehead atoms. The van der Waals surface area contributed by atoms with Gasteiger partial charge in [-0.3, -0.25) is 0 Å². The van der Waals surface area contributed by atoms with Crippen LogP contribution in [0.2, 0.25) is 0 Å². The normalized spacial score (nSPS) is 16.2. The fourth-order valence-electron chi connectivity index (χ4n) is 3.02. The Labute approximate surface area is 159 Å². The Hall–Kier alpha value is -2.37. The molecule has 26 heavy (non-hydrogen) atoms. The molecule has 0 aliphatic carbocycles. The van der Waals surface area contributed by atoms with Gasteiger partial charge in [0.15, 0.2) is 0 Å². The summed E-state index contributed by atoms with van der Waals surface area (Å²) >= 11 is 0. The third-order valence-corrected chi connectivity index (χ3v) is 4.45. The van der Waals surface area contributed by atoms with Gasteiger partial charge in [-0.25, -0.2) is 0 Å². The second kappa shape index (κ2) is 8.83. The molecule has 0 spiro atoms. The van der Waals surface area contributed by atoms with Crippen molar-refractivity contribution in [3.05, 3.63) is 66.1 Å². The molecular weight excluding hydrogens is 350 g/mol. The van der Waals surface area contributed by atoms with E-state index in [1.54, 1.807) is 0 Å². The van der Waals surface area contributed by atoms with E-state index in [2.05, 4.69) is 15.5 Å². The second-order valence-electron chi connectivity index (χ2n) is 6.37. The van der Waals surface area contributed by atoms with Crippen LogP contribution in [0, 0.1) is 5.92 Å². The predicted octanol–water partition coefficient (Wildman–Crippen LogP) is 3.89. The van der Waals surface area contributed by atoms with E-state index in [1.807, 2.05) is 54.6 Å². The van der Waals surface area contributed by atoms with Crippen LogP contribution in [0.5, 0.6) is 5.75 Å². The number of aromatic nitrogens is 2. The highest BCUT2D eigenvalue weighted by atomic mass is 35.5. The van der Waals surface area contributed by atoms with Gasteiger partial charge in [0.1, 0.15) is 12.4 Å². The molecule has 1 atom stereocenters. The first-order valence-electron chi connectivity index (χ1n) is 8.67. The topological polar surface area (TPSA) is 60.2 Å². The maximum Gasteiger partial charge on any atom is 0.227 e. The highest BCUT2D eigenvalue weighted by molar-refractivity contribution is 5.85. The van der Waals surface area contributed by atoms with Gasteiger partial charge >= 0.3 is 0 Å². The van der Waals surface area contributed by atoms with Crippen molar-refractivity contribution in [2.45, 2.75) is 19.4 Å². The Kier molecular flexibility index (Phi) is 6.26. The molecule has 136 valence electrons. The summed E-state index contributed by atoms with van der Waals surface area (Å²) in [4.78, 5) is 4.53. The van der Waals surface area contributed by atoms with Crippen LogP contribution < -0.4 is 10.1 Å². The highest BCUT2D eigenvalue weighted by Gasteiger charge is 2.18. The minimum Gasteiger partial charge on any atom is -0.489 e. The Balaban J connectivity index is 0.00000196. The van der Waals surface area contributed by atoms with Gasteiger partial charge in [-0.1, -0.05) is 47.6 Å². The maximum absolute atomic E-state index is 5.76. The summed E-state index contributed by atoms with van der Waals surface area (Å²) in [5.41, 5.74) is 2.07. The van der Waals surface area contributed by atoms with E-state index >= 15 is 0 Å². The number of nitrogens with one attached hydrogen (secondary N) is 1. The predicted molar refractivity (Wildman–Crippen MR) is 102 cm³/mol. The number of rotatable bonds is 6. The van der Waals surface area contributed by atoms with Gasteiger partial charge < -0.3 is 14.6 Å². The lowest BCUT2D eigenvalue weighted by molar-refractivity contribution is 0.306. The van der Waals surface area contributed by atoms with E-state index in [0.29, 0.717) is 18.3 Å². The second-order valence-corrected chi connectivity index (χ2v) is 6.37. The van der Waals surface area contributed by atoms with Crippen LogP contribution in [0.15, 0.2) is 59.1 Å². The fourth-order valence-corrected chi connectivity index (χ4v) is 3.02. The van der Waals surface area contributed by atoms with Gasteiger partial charge in [0.2, 0.25) is 11.7 Å². The quantitative estimate of drug-likeness (QED) is 0.712. The van der Waals surface area contributed by atoms with Crippen LogP contribution in [0.1, 0.15) is 17.9 Å². The smallest absolute Gasteiger partial charge is 0.227 e. The fraction of sp³-hybridized carbons (Fsp3) is 0.300. The van der Waals surface area contributed by atoms with Crippen LogP contribution in [-0.4, -0.2) is 23.2 Å². The first kappa shape index (κ1) is 18.4. The summed E-state index contributed by atoms with van der Waals surface area (Å²) in [5.74, 6) is 2.85. The zero-order valence-corrected chi connectivity index (χ0v) is 15.2. The van der Waals surface area contributed by atoms with E-state index in [0.717, 1.165) is 42.3 Å². The van der Waals surface area contributed by atoms with Gasteiger partial charge in [0.05, 0.1) is 0 Å². The monoisotopic (exact) mass is 371 g/mol. The number of benzene rings is 2. The van der Waals surface area contributed by atoms with Gasteiger partial charge in [0.25, 0.3) is 0 Å².